The molecule has 0 unspecified atom stereocenters. The Kier molecular flexibility index (Phi) is 23.4. The largest absolute Gasteiger partial charge is 0.379 e. The second-order valence-corrected chi connectivity index (χ2v) is 22.8. The van der Waals surface area contributed by atoms with Crippen molar-refractivity contribution in [3.05, 3.63) is 36.0 Å². The summed E-state index contributed by atoms with van der Waals surface area (Å²) in [6.45, 7) is 15.6. The SMILES string of the molecule is CC[C@H](C)[C@@H]([C@@H](CC(=O)N1CCC[C@H]1[C@H](OC)[C@@H](C)C(=O)N[C@@H](Cc1c[nH]c2ccccc12)C(C)=O)OC)N(C)C(=O)[C@@H](NC(=O)[C@H](C(C)C)N(C)CCCC(=O)NC1CCC(C(=O)CN2C(=O)CCC2=O)CC1)C(C)C. The molecule has 3 aliphatic rings. The molecule has 4 N–H and O–H groups in total. The van der Waals surface area contributed by atoms with Crippen LogP contribution in [0.25, 0.3) is 10.9 Å². The lowest BCUT2D eigenvalue weighted by Gasteiger charge is -2.41. The number of likely N-dealkylation sites (tertiary alicyclic amines) is 2. The maximum absolute atomic E-state index is 14.7. The van der Waals surface area contributed by atoms with Crippen LogP contribution in [0.2, 0.25) is 0 Å². The summed E-state index contributed by atoms with van der Waals surface area (Å²) in [4.78, 5) is 130. The van der Waals surface area contributed by atoms with Crippen LogP contribution < -0.4 is 16.0 Å². The molecule has 428 valence electrons. The van der Waals surface area contributed by atoms with Crippen LogP contribution in [0.1, 0.15) is 138 Å². The highest BCUT2D eigenvalue weighted by molar-refractivity contribution is 6.05. The predicted octanol–water partition coefficient (Wildman–Crippen LogP) is 4.98. The number of nitrogens with one attached hydrogen (secondary N) is 4. The highest BCUT2D eigenvalue weighted by atomic mass is 16.5. The van der Waals surface area contributed by atoms with Crippen LogP contribution >= 0.6 is 0 Å². The Balaban J connectivity index is 1.16. The van der Waals surface area contributed by atoms with Gasteiger partial charge in [-0.1, -0.05) is 73.1 Å². The maximum atomic E-state index is 14.7. The molecule has 9 atom stereocenters. The molecule has 1 saturated carbocycles. The number of H-pyrrole nitrogens is 1. The third-order valence-corrected chi connectivity index (χ3v) is 16.7. The number of methoxy groups -OCH3 is 2. The van der Waals surface area contributed by atoms with E-state index in [4.69, 9.17) is 9.47 Å². The molecule has 77 heavy (non-hydrogen) atoms. The molecular formula is C58H90N8O11. The number of Topliss-reactive ketones (excluding diaryl/α,β-unsaturated/α-hetero) is 2. The van der Waals surface area contributed by atoms with Crippen LogP contribution in [-0.4, -0.2) is 174 Å². The van der Waals surface area contributed by atoms with Gasteiger partial charge in [-0.3, -0.25) is 53.0 Å². The summed E-state index contributed by atoms with van der Waals surface area (Å²) >= 11 is 0. The number of aromatic amines is 1. The molecule has 2 aromatic rings. The van der Waals surface area contributed by atoms with E-state index < -0.39 is 48.3 Å². The molecule has 2 saturated heterocycles. The molecule has 2 aliphatic heterocycles. The first-order chi connectivity index (χ1) is 36.5. The van der Waals surface area contributed by atoms with E-state index in [2.05, 4.69) is 20.9 Å². The van der Waals surface area contributed by atoms with Crippen molar-refractivity contribution in [1.29, 1.82) is 0 Å². The van der Waals surface area contributed by atoms with Crippen LogP contribution in [0.3, 0.4) is 0 Å². The van der Waals surface area contributed by atoms with E-state index in [9.17, 15) is 43.2 Å². The monoisotopic (exact) mass is 1070 g/mol. The van der Waals surface area contributed by atoms with Crippen LogP contribution in [0.15, 0.2) is 30.5 Å². The summed E-state index contributed by atoms with van der Waals surface area (Å²) in [6.07, 6.45) is 6.19. The highest BCUT2D eigenvalue weighted by Gasteiger charge is 2.44. The Hall–Kier alpha value is -5.53. The van der Waals surface area contributed by atoms with Crippen molar-refractivity contribution in [3.63, 3.8) is 0 Å². The number of aromatic nitrogens is 1. The van der Waals surface area contributed by atoms with Gasteiger partial charge in [0.1, 0.15) is 6.04 Å². The van der Waals surface area contributed by atoms with Gasteiger partial charge in [0.2, 0.25) is 41.4 Å². The quantitative estimate of drug-likeness (QED) is 0.0791. The molecule has 7 amide bonds. The van der Waals surface area contributed by atoms with E-state index in [-0.39, 0.29) is 115 Å². The van der Waals surface area contributed by atoms with Gasteiger partial charge in [-0.05, 0) is 94.8 Å². The summed E-state index contributed by atoms with van der Waals surface area (Å²) in [6, 6.07) is 4.49. The Morgan fingerprint density at radius 1 is 0.844 bits per heavy atom. The molecule has 3 heterocycles. The van der Waals surface area contributed by atoms with Gasteiger partial charge in [-0.25, -0.2) is 0 Å². The smallest absolute Gasteiger partial charge is 0.245 e. The zero-order valence-corrected chi connectivity index (χ0v) is 48.0. The number of imide groups is 1. The second kappa shape index (κ2) is 28.9. The number of ether oxygens (including phenoxy) is 2. The van der Waals surface area contributed by atoms with Crippen LogP contribution in [0.5, 0.6) is 0 Å². The number of rotatable bonds is 29. The molecule has 0 radical (unpaired) electrons. The van der Waals surface area contributed by atoms with Crippen molar-refractivity contribution in [1.82, 2.24) is 40.5 Å². The number of hydrogen-bond acceptors (Lipinski definition) is 12. The van der Waals surface area contributed by atoms with Gasteiger partial charge >= 0.3 is 0 Å². The molecule has 19 heteroatoms. The summed E-state index contributed by atoms with van der Waals surface area (Å²) in [7, 11) is 6.61. The van der Waals surface area contributed by atoms with Crippen molar-refractivity contribution in [2.75, 3.05) is 47.9 Å². The molecule has 19 nitrogen and oxygen atoms in total. The fourth-order valence-corrected chi connectivity index (χ4v) is 12.0. The topological polar surface area (TPSA) is 237 Å². The third-order valence-electron chi connectivity index (χ3n) is 16.7. The zero-order chi connectivity index (χ0) is 56.8. The minimum atomic E-state index is -0.897. The van der Waals surface area contributed by atoms with Crippen molar-refractivity contribution in [2.45, 2.75) is 187 Å². The Morgan fingerprint density at radius 2 is 1.51 bits per heavy atom. The first-order valence-electron chi connectivity index (χ1n) is 28.2. The average molecular weight is 1080 g/mol. The summed E-state index contributed by atoms with van der Waals surface area (Å²) < 4.78 is 12.1. The Morgan fingerprint density at radius 3 is 2.10 bits per heavy atom. The van der Waals surface area contributed by atoms with Gasteiger partial charge in [-0.15, -0.1) is 0 Å². The number of fused-ring (bicyclic) bond motifs is 1. The fourth-order valence-electron chi connectivity index (χ4n) is 12.0. The van der Waals surface area contributed by atoms with E-state index >= 15 is 0 Å². The Bertz CT molecular complexity index is 2360. The number of carbonyl (C=O) groups is 9. The predicted molar refractivity (Wildman–Crippen MR) is 293 cm³/mol. The third kappa shape index (κ3) is 16.1. The number of benzene rings is 1. The van der Waals surface area contributed by atoms with Crippen molar-refractivity contribution in [3.8, 4) is 0 Å². The lowest BCUT2D eigenvalue weighted by Crippen LogP contribution is -2.60. The molecule has 0 spiro atoms. The van der Waals surface area contributed by atoms with Crippen LogP contribution in [0, 0.1) is 29.6 Å². The molecule has 3 fully saturated rings. The van der Waals surface area contributed by atoms with E-state index in [1.807, 2.05) is 84.0 Å². The molecule has 0 bridgehead atoms. The zero-order valence-electron chi connectivity index (χ0n) is 48.0. The van der Waals surface area contributed by atoms with Gasteiger partial charge in [0.15, 0.2) is 11.6 Å². The highest BCUT2D eigenvalue weighted by Crippen LogP contribution is 2.31. The normalized spacial score (nSPS) is 21.2. The van der Waals surface area contributed by atoms with Crippen molar-refractivity contribution in [2.24, 2.45) is 29.6 Å². The first kappa shape index (κ1) is 62.3. The summed E-state index contributed by atoms with van der Waals surface area (Å²) in [5, 5.41) is 10.1. The number of amides is 7. The fraction of sp³-hybridized carbons (Fsp3) is 0.707. The number of para-hydroxylation sites is 1. The van der Waals surface area contributed by atoms with E-state index in [0.29, 0.717) is 70.9 Å². The number of nitrogens with zero attached hydrogens (tertiary/aromatic N) is 4. The average Bonchev–Trinajstić information content (AvgIpc) is 4.14. The summed E-state index contributed by atoms with van der Waals surface area (Å²) in [5.74, 6) is -3.63. The van der Waals surface area contributed by atoms with E-state index in [1.54, 1.807) is 23.8 Å². The van der Waals surface area contributed by atoms with Gasteiger partial charge in [0, 0.05) is 82.6 Å². The van der Waals surface area contributed by atoms with Gasteiger partial charge in [0.25, 0.3) is 0 Å². The summed E-state index contributed by atoms with van der Waals surface area (Å²) in [5.41, 5.74) is 1.86. The minimum Gasteiger partial charge on any atom is -0.379 e. The second-order valence-electron chi connectivity index (χ2n) is 22.8. The van der Waals surface area contributed by atoms with Crippen LogP contribution in [0.4, 0.5) is 0 Å². The van der Waals surface area contributed by atoms with Crippen LogP contribution in [-0.2, 0) is 59.0 Å². The maximum Gasteiger partial charge on any atom is 0.245 e. The van der Waals surface area contributed by atoms with E-state index in [0.717, 1.165) is 21.4 Å². The lowest BCUT2D eigenvalue weighted by atomic mass is 9.83. The molecule has 1 aliphatic carbocycles. The number of likely N-dealkylation sites (N-methyl/N-ethyl adjacent to an activating group) is 2. The first-order valence-corrected chi connectivity index (χ1v) is 28.2. The number of ketones is 2. The molecule has 5 rings (SSSR count). The van der Waals surface area contributed by atoms with Gasteiger partial charge in [0.05, 0.1) is 55.3 Å². The number of carbonyl (C=O) groups excluding carboxylic acids is 9. The number of hydrogen-bond donors (Lipinski definition) is 4. The minimum absolute atomic E-state index is 0.0418. The van der Waals surface area contributed by atoms with Crippen molar-refractivity contribution < 1.29 is 52.6 Å². The van der Waals surface area contributed by atoms with Gasteiger partial charge < -0.3 is 40.2 Å². The van der Waals surface area contributed by atoms with Crippen molar-refractivity contribution >= 4 is 63.8 Å². The van der Waals surface area contributed by atoms with E-state index in [1.165, 1.54) is 21.1 Å². The molecule has 1 aromatic carbocycles. The standard InChI is InChI=1S/C58H90N8O11/c1-13-36(6)54(47(76-11)31-51(72)65-29-16-20-45(65)55(77-12)37(7)56(73)61-44(38(8)67)30-40-32-59-43-19-15-14-18-42(40)43)64(10)58(75)52(34(2)3)62-57(74)53(35(4)5)63(9)28-17-21-48(69)60-41-24-22-39(23-25-41)46(68)33-66-49(70)26-27-50(66)71/h14-15,18-19,32,34-37,39,41,44-45,47,52-55,59H,13,16-17,20-31,33H2,1-12H3,(H,60,69)(H,61,73)(H,62,74)/t36-,37+,39?,41?,44-,45-,47+,52-,53-,54-,55+/m0/s1. The molecule has 1 aromatic heterocycles. The lowest BCUT2D eigenvalue weighted by molar-refractivity contribution is -0.148. The Labute approximate surface area is 456 Å². The van der Waals surface area contributed by atoms with Gasteiger partial charge in [-0.2, -0.15) is 0 Å². The molecular weight excluding hydrogens is 985 g/mol.